The van der Waals surface area contributed by atoms with E-state index in [0.29, 0.717) is 13.2 Å². The maximum absolute atomic E-state index is 13.5. The number of nitrogens with one attached hydrogen (secondary N) is 1. The van der Waals surface area contributed by atoms with E-state index in [-0.39, 0.29) is 24.1 Å². The highest BCUT2D eigenvalue weighted by Gasteiger charge is 2.46. The number of hydrogen-bond acceptors (Lipinski definition) is 4. The Labute approximate surface area is 202 Å². The number of ether oxygens (including phenoxy) is 3. The molecule has 34 heavy (non-hydrogen) atoms. The number of anilines is 1. The molecule has 1 N–H and O–H groups in total. The van der Waals surface area contributed by atoms with E-state index in [9.17, 15) is 4.39 Å². The van der Waals surface area contributed by atoms with Gasteiger partial charge in [0.05, 0.1) is 12.7 Å². The standard InChI is InChI=1S/C29H34FNO3/c1-19(2)33-27-25-16-24(31-17-22-7-6-8-23(30)15-22)13-14-26(25)34-29(4,5)28(27)32-18-21-11-9-20(3)10-12-21/h6-16,19,27-28,31H,17-18H2,1-5H3. The van der Waals surface area contributed by atoms with E-state index in [1.165, 1.54) is 17.7 Å². The molecule has 4 nitrogen and oxygen atoms in total. The molecule has 0 bridgehead atoms. The lowest BCUT2D eigenvalue weighted by Gasteiger charge is -2.45. The van der Waals surface area contributed by atoms with Crippen LogP contribution in [0.2, 0.25) is 0 Å². The molecule has 3 aromatic carbocycles. The van der Waals surface area contributed by atoms with Gasteiger partial charge >= 0.3 is 0 Å². The number of hydrogen-bond donors (Lipinski definition) is 1. The van der Waals surface area contributed by atoms with Gasteiger partial charge in [-0.25, -0.2) is 4.39 Å². The summed E-state index contributed by atoms with van der Waals surface area (Å²) in [5, 5.41) is 3.39. The molecule has 0 radical (unpaired) electrons. The van der Waals surface area contributed by atoms with Crippen LogP contribution in [0.5, 0.6) is 5.75 Å². The summed E-state index contributed by atoms with van der Waals surface area (Å²) in [5.74, 6) is 0.557. The average Bonchev–Trinajstić information content (AvgIpc) is 2.78. The van der Waals surface area contributed by atoms with E-state index in [1.54, 1.807) is 6.07 Å². The molecule has 0 amide bonds. The fourth-order valence-corrected chi connectivity index (χ4v) is 4.29. The first-order chi connectivity index (χ1) is 16.2. The van der Waals surface area contributed by atoms with Gasteiger partial charge in [0.1, 0.15) is 29.4 Å². The van der Waals surface area contributed by atoms with Gasteiger partial charge in [-0.2, -0.15) is 0 Å². The normalized spacial score (nSPS) is 18.9. The highest BCUT2D eigenvalue weighted by molar-refractivity contribution is 5.54. The van der Waals surface area contributed by atoms with Crippen molar-refractivity contribution in [3.8, 4) is 5.75 Å². The third-order valence-corrected chi connectivity index (χ3v) is 6.00. The highest BCUT2D eigenvalue weighted by Crippen LogP contribution is 2.45. The van der Waals surface area contributed by atoms with Crippen LogP contribution in [0.15, 0.2) is 66.7 Å². The maximum Gasteiger partial charge on any atom is 0.132 e. The molecule has 180 valence electrons. The van der Waals surface area contributed by atoms with E-state index in [0.717, 1.165) is 28.1 Å². The molecule has 1 heterocycles. The Hall–Kier alpha value is -2.89. The second kappa shape index (κ2) is 10.2. The van der Waals surface area contributed by atoms with E-state index >= 15 is 0 Å². The van der Waals surface area contributed by atoms with E-state index in [1.807, 2.05) is 45.9 Å². The summed E-state index contributed by atoms with van der Waals surface area (Å²) in [6.07, 6.45) is -0.580. The number of benzene rings is 3. The van der Waals surface area contributed by atoms with Crippen molar-refractivity contribution < 1.29 is 18.6 Å². The van der Waals surface area contributed by atoms with Gasteiger partial charge in [0.15, 0.2) is 0 Å². The van der Waals surface area contributed by atoms with Gasteiger partial charge in [0.2, 0.25) is 0 Å². The Morgan fingerprint density at radius 1 is 1.00 bits per heavy atom. The van der Waals surface area contributed by atoms with Gasteiger partial charge in [-0.15, -0.1) is 0 Å². The lowest BCUT2D eigenvalue weighted by atomic mass is 9.87. The van der Waals surface area contributed by atoms with Gasteiger partial charge in [0.25, 0.3) is 0 Å². The molecule has 0 aliphatic carbocycles. The number of halogens is 1. The fraction of sp³-hybridized carbons (Fsp3) is 0.379. The van der Waals surface area contributed by atoms with E-state index in [4.69, 9.17) is 14.2 Å². The van der Waals surface area contributed by atoms with Crippen molar-refractivity contribution in [3.05, 3.63) is 94.8 Å². The minimum absolute atomic E-state index is 0.0149. The van der Waals surface area contributed by atoms with Crippen LogP contribution < -0.4 is 10.1 Å². The Morgan fingerprint density at radius 2 is 1.76 bits per heavy atom. The van der Waals surface area contributed by atoms with Crippen molar-refractivity contribution in [2.45, 2.75) is 71.7 Å². The summed E-state index contributed by atoms with van der Waals surface area (Å²) >= 11 is 0. The Morgan fingerprint density at radius 3 is 2.47 bits per heavy atom. The van der Waals surface area contributed by atoms with Gasteiger partial charge in [-0.3, -0.25) is 0 Å². The summed E-state index contributed by atoms with van der Waals surface area (Å²) in [6, 6.07) is 21.0. The average molecular weight is 464 g/mol. The second-order valence-electron chi connectivity index (χ2n) is 9.76. The van der Waals surface area contributed by atoms with Crippen LogP contribution in [-0.2, 0) is 22.6 Å². The third kappa shape index (κ3) is 5.78. The first-order valence-electron chi connectivity index (χ1n) is 11.8. The molecule has 0 saturated heterocycles. The van der Waals surface area contributed by atoms with Crippen molar-refractivity contribution in [2.24, 2.45) is 0 Å². The topological polar surface area (TPSA) is 39.7 Å². The van der Waals surface area contributed by atoms with Gasteiger partial charge in [-0.05, 0) is 76.1 Å². The predicted octanol–water partition coefficient (Wildman–Crippen LogP) is 6.97. The summed E-state index contributed by atoms with van der Waals surface area (Å²) in [5.41, 5.74) is 4.50. The van der Waals surface area contributed by atoms with Crippen molar-refractivity contribution in [2.75, 3.05) is 5.32 Å². The van der Waals surface area contributed by atoms with Crippen LogP contribution in [0.1, 0.15) is 56.1 Å². The molecule has 3 aromatic rings. The number of fused-ring (bicyclic) bond motifs is 1. The van der Waals surface area contributed by atoms with Crippen LogP contribution >= 0.6 is 0 Å². The molecule has 5 heteroatoms. The van der Waals surface area contributed by atoms with Gasteiger partial charge in [-0.1, -0.05) is 42.0 Å². The van der Waals surface area contributed by atoms with Crippen molar-refractivity contribution in [1.29, 1.82) is 0 Å². The largest absolute Gasteiger partial charge is 0.485 e. The molecule has 0 saturated carbocycles. The molecule has 1 aliphatic rings. The fourth-order valence-electron chi connectivity index (χ4n) is 4.29. The smallest absolute Gasteiger partial charge is 0.132 e. The Balaban J connectivity index is 1.58. The molecule has 2 unspecified atom stereocenters. The number of aryl methyl sites for hydroxylation is 1. The highest BCUT2D eigenvalue weighted by atomic mass is 19.1. The molecule has 0 fully saturated rings. The maximum atomic E-state index is 13.5. The zero-order chi connectivity index (χ0) is 24.3. The molecule has 4 rings (SSSR count). The van der Waals surface area contributed by atoms with Crippen LogP contribution in [0, 0.1) is 12.7 Å². The summed E-state index contributed by atoms with van der Waals surface area (Å²) in [6.45, 7) is 11.2. The molecule has 1 aliphatic heterocycles. The zero-order valence-electron chi connectivity index (χ0n) is 20.6. The number of rotatable bonds is 8. The van der Waals surface area contributed by atoms with Crippen LogP contribution in [-0.4, -0.2) is 17.8 Å². The van der Waals surface area contributed by atoms with Crippen molar-refractivity contribution >= 4 is 5.69 Å². The molecular weight excluding hydrogens is 429 g/mol. The van der Waals surface area contributed by atoms with Crippen molar-refractivity contribution in [1.82, 2.24) is 0 Å². The first-order valence-corrected chi connectivity index (χ1v) is 11.8. The summed E-state index contributed by atoms with van der Waals surface area (Å²) in [4.78, 5) is 0. The van der Waals surface area contributed by atoms with Crippen LogP contribution in [0.3, 0.4) is 0 Å². The predicted molar refractivity (Wildman–Crippen MR) is 134 cm³/mol. The summed E-state index contributed by atoms with van der Waals surface area (Å²) in [7, 11) is 0. The molecular formula is C29H34FNO3. The van der Waals surface area contributed by atoms with Crippen molar-refractivity contribution in [3.63, 3.8) is 0 Å². The second-order valence-corrected chi connectivity index (χ2v) is 9.76. The monoisotopic (exact) mass is 463 g/mol. The van der Waals surface area contributed by atoms with Crippen LogP contribution in [0.25, 0.3) is 0 Å². The SMILES string of the molecule is Cc1ccc(COC2C(OC(C)C)c3cc(NCc4cccc(F)c4)ccc3OC2(C)C)cc1. The van der Waals surface area contributed by atoms with E-state index in [2.05, 4.69) is 42.6 Å². The molecule has 0 aromatic heterocycles. The minimum Gasteiger partial charge on any atom is -0.485 e. The third-order valence-electron chi connectivity index (χ3n) is 6.00. The molecule has 0 spiro atoms. The minimum atomic E-state index is -0.576. The van der Waals surface area contributed by atoms with Gasteiger partial charge in [0, 0.05) is 17.8 Å². The Kier molecular flexibility index (Phi) is 7.24. The quantitative estimate of drug-likeness (QED) is 0.392. The molecule has 2 atom stereocenters. The first kappa shape index (κ1) is 24.2. The zero-order valence-corrected chi connectivity index (χ0v) is 20.6. The Bertz CT molecular complexity index is 1110. The van der Waals surface area contributed by atoms with Gasteiger partial charge < -0.3 is 19.5 Å². The van der Waals surface area contributed by atoms with Crippen LogP contribution in [0.4, 0.5) is 10.1 Å². The van der Waals surface area contributed by atoms with E-state index < -0.39 is 5.60 Å². The lowest BCUT2D eigenvalue weighted by molar-refractivity contribution is -0.177. The lowest BCUT2D eigenvalue weighted by Crippen LogP contribution is -2.51. The summed E-state index contributed by atoms with van der Waals surface area (Å²) < 4.78 is 32.8.